The Balaban J connectivity index is 4.36. The van der Waals surface area contributed by atoms with Gasteiger partial charge in [0.25, 0.3) is 20.2 Å². The Morgan fingerprint density at radius 2 is 1.54 bits per heavy atom. The lowest BCUT2D eigenvalue weighted by Crippen LogP contribution is -2.17. The molecule has 0 saturated heterocycles. The van der Waals surface area contributed by atoms with Gasteiger partial charge in [0.2, 0.25) is 0 Å². The van der Waals surface area contributed by atoms with Gasteiger partial charge in [-0.05, 0) is 13.3 Å². The maximum Gasteiger partial charge on any atom is 0.281 e. The summed E-state index contributed by atoms with van der Waals surface area (Å²) in [5.41, 5.74) is 0. The fourth-order valence-electron chi connectivity index (χ4n) is 0.561. The zero-order valence-corrected chi connectivity index (χ0v) is 9.32. The van der Waals surface area contributed by atoms with Gasteiger partial charge < -0.3 is 0 Å². The molecule has 80 valence electrons. The van der Waals surface area contributed by atoms with E-state index in [0.29, 0.717) is 12.8 Å². The van der Waals surface area contributed by atoms with Gasteiger partial charge in [-0.15, -0.1) is 3.63 Å². The summed E-state index contributed by atoms with van der Waals surface area (Å²) in [6, 6.07) is 0. The van der Waals surface area contributed by atoms with Crippen LogP contribution in [0.1, 0.15) is 26.7 Å². The van der Waals surface area contributed by atoms with Gasteiger partial charge in [0, 0.05) is 0 Å². The average molecular weight is 230 g/mol. The largest absolute Gasteiger partial charge is 0.281 e. The SMILES string of the molecule is CCCCS(=O)(=O)OS(=O)(=O)CC. The Labute approximate surface area is 79.3 Å². The van der Waals surface area contributed by atoms with Gasteiger partial charge in [-0.25, -0.2) is 0 Å². The van der Waals surface area contributed by atoms with Crippen LogP contribution in [-0.4, -0.2) is 28.3 Å². The second kappa shape index (κ2) is 4.92. The van der Waals surface area contributed by atoms with E-state index >= 15 is 0 Å². The second-order valence-electron chi connectivity index (χ2n) is 2.53. The molecule has 5 nitrogen and oxygen atoms in total. The summed E-state index contributed by atoms with van der Waals surface area (Å²) in [6.07, 6.45) is 1.08. The Morgan fingerprint density at radius 3 is 1.92 bits per heavy atom. The first-order chi connectivity index (χ1) is 5.83. The number of rotatable bonds is 6. The molecule has 0 atom stereocenters. The Hall–Kier alpha value is -0.140. The molecule has 0 aliphatic rings. The van der Waals surface area contributed by atoms with Gasteiger partial charge in [-0.2, -0.15) is 16.8 Å². The monoisotopic (exact) mass is 230 g/mol. The summed E-state index contributed by atoms with van der Waals surface area (Å²) in [5, 5.41) is 0. The lowest BCUT2D eigenvalue weighted by Gasteiger charge is -2.02. The van der Waals surface area contributed by atoms with Crippen molar-refractivity contribution in [2.24, 2.45) is 0 Å². The molecule has 0 saturated carbocycles. The molecular weight excluding hydrogens is 216 g/mol. The Kier molecular flexibility index (Phi) is 4.87. The van der Waals surface area contributed by atoms with Crippen LogP contribution < -0.4 is 0 Å². The lowest BCUT2D eigenvalue weighted by molar-refractivity contribution is 0.461. The molecule has 0 aromatic rings. The van der Waals surface area contributed by atoms with E-state index in [9.17, 15) is 16.8 Å². The van der Waals surface area contributed by atoms with Crippen LogP contribution in [-0.2, 0) is 23.9 Å². The molecule has 0 aliphatic heterocycles. The Bertz CT molecular complexity index is 326. The fourth-order valence-corrected chi connectivity index (χ4v) is 3.12. The summed E-state index contributed by atoms with van der Waals surface area (Å²) in [4.78, 5) is 0. The molecule has 0 aromatic heterocycles. The van der Waals surface area contributed by atoms with Crippen LogP contribution in [0.4, 0.5) is 0 Å². The molecule has 0 amide bonds. The van der Waals surface area contributed by atoms with E-state index in [1.165, 1.54) is 6.92 Å². The first-order valence-electron chi connectivity index (χ1n) is 3.99. The first-order valence-corrected chi connectivity index (χ1v) is 7.15. The maximum atomic E-state index is 11.0. The van der Waals surface area contributed by atoms with E-state index in [0.717, 1.165) is 0 Å². The standard InChI is InChI=1S/C6H14O5S2/c1-3-5-6-13(9,10)11-12(7,8)4-2/h3-6H2,1-2H3. The van der Waals surface area contributed by atoms with E-state index in [-0.39, 0.29) is 11.5 Å². The van der Waals surface area contributed by atoms with Crippen LogP contribution >= 0.6 is 0 Å². The maximum absolute atomic E-state index is 11.0. The van der Waals surface area contributed by atoms with Crippen LogP contribution in [0.25, 0.3) is 0 Å². The summed E-state index contributed by atoms with van der Waals surface area (Å²) in [5.74, 6) is -0.582. The highest BCUT2D eigenvalue weighted by atomic mass is 32.3. The zero-order valence-electron chi connectivity index (χ0n) is 7.69. The van der Waals surface area contributed by atoms with E-state index in [2.05, 4.69) is 3.63 Å². The Morgan fingerprint density at radius 1 is 1.00 bits per heavy atom. The van der Waals surface area contributed by atoms with E-state index < -0.39 is 20.2 Å². The van der Waals surface area contributed by atoms with Crippen molar-refractivity contribution in [2.45, 2.75) is 26.7 Å². The van der Waals surface area contributed by atoms with Gasteiger partial charge in [-0.3, -0.25) is 0 Å². The van der Waals surface area contributed by atoms with Crippen molar-refractivity contribution in [3.05, 3.63) is 0 Å². The van der Waals surface area contributed by atoms with E-state index in [4.69, 9.17) is 0 Å². The minimum absolute atomic E-state index is 0.247. The molecule has 13 heavy (non-hydrogen) atoms. The normalized spacial score (nSPS) is 13.1. The number of unbranched alkanes of at least 4 members (excludes halogenated alkanes) is 1. The summed E-state index contributed by atoms with van der Waals surface area (Å²) in [6.45, 7) is 3.13. The third-order valence-electron chi connectivity index (χ3n) is 1.31. The molecule has 0 aliphatic carbocycles. The topological polar surface area (TPSA) is 77.5 Å². The summed E-state index contributed by atoms with van der Waals surface area (Å²) in [7, 11) is -7.80. The van der Waals surface area contributed by atoms with Crippen molar-refractivity contribution in [3.63, 3.8) is 0 Å². The van der Waals surface area contributed by atoms with Gasteiger partial charge >= 0.3 is 0 Å². The minimum Gasteiger partial charge on any atom is -0.198 e. The quantitative estimate of drug-likeness (QED) is 0.663. The van der Waals surface area contributed by atoms with Crippen LogP contribution in [0.15, 0.2) is 0 Å². The van der Waals surface area contributed by atoms with Gasteiger partial charge in [0.15, 0.2) is 0 Å². The van der Waals surface area contributed by atoms with Crippen molar-refractivity contribution < 1.29 is 20.5 Å². The highest BCUT2D eigenvalue weighted by Gasteiger charge is 2.19. The predicted octanol–water partition coefficient (Wildman–Crippen LogP) is 0.483. The highest BCUT2D eigenvalue weighted by Crippen LogP contribution is 2.04. The van der Waals surface area contributed by atoms with Crippen LogP contribution in [0.5, 0.6) is 0 Å². The van der Waals surface area contributed by atoms with E-state index in [1.807, 2.05) is 6.92 Å². The molecule has 0 radical (unpaired) electrons. The van der Waals surface area contributed by atoms with Crippen molar-refractivity contribution in [3.8, 4) is 0 Å². The summed E-state index contributed by atoms with van der Waals surface area (Å²) >= 11 is 0. The van der Waals surface area contributed by atoms with Crippen molar-refractivity contribution >= 4 is 20.2 Å². The smallest absolute Gasteiger partial charge is 0.198 e. The molecule has 0 aromatic carbocycles. The molecule has 0 rings (SSSR count). The van der Waals surface area contributed by atoms with Gasteiger partial charge in [-0.1, -0.05) is 13.3 Å². The average Bonchev–Trinajstić information content (AvgIpc) is 1.99. The van der Waals surface area contributed by atoms with Gasteiger partial charge in [0.05, 0.1) is 11.5 Å². The molecule has 7 heteroatoms. The number of hydrogen-bond acceptors (Lipinski definition) is 5. The van der Waals surface area contributed by atoms with Crippen LogP contribution in [0.2, 0.25) is 0 Å². The molecule has 0 N–H and O–H groups in total. The molecule has 0 heterocycles. The molecular formula is C6H14O5S2. The minimum atomic E-state index is -3.90. The third-order valence-corrected chi connectivity index (χ3v) is 4.46. The molecule has 0 spiro atoms. The first kappa shape index (κ1) is 12.9. The van der Waals surface area contributed by atoms with Crippen LogP contribution in [0.3, 0.4) is 0 Å². The highest BCUT2D eigenvalue weighted by molar-refractivity contribution is 7.99. The molecule has 0 fully saturated rings. The van der Waals surface area contributed by atoms with Crippen molar-refractivity contribution in [1.29, 1.82) is 0 Å². The molecule has 0 unspecified atom stereocenters. The van der Waals surface area contributed by atoms with Gasteiger partial charge in [0.1, 0.15) is 0 Å². The lowest BCUT2D eigenvalue weighted by atomic mass is 10.4. The van der Waals surface area contributed by atoms with Crippen LogP contribution in [0, 0.1) is 0 Å². The van der Waals surface area contributed by atoms with Crippen molar-refractivity contribution in [2.75, 3.05) is 11.5 Å². The third kappa shape index (κ3) is 6.00. The number of hydrogen-bond donors (Lipinski definition) is 0. The van der Waals surface area contributed by atoms with E-state index in [1.54, 1.807) is 0 Å². The second-order valence-corrected chi connectivity index (χ2v) is 6.29. The summed E-state index contributed by atoms with van der Waals surface area (Å²) < 4.78 is 47.5. The van der Waals surface area contributed by atoms with Crippen molar-refractivity contribution in [1.82, 2.24) is 0 Å². The fraction of sp³-hybridized carbons (Fsp3) is 1.00. The molecule has 0 bridgehead atoms. The predicted molar refractivity (Wildman–Crippen MR) is 49.2 cm³/mol. The zero-order chi connectivity index (χ0) is 10.5.